The van der Waals surface area contributed by atoms with Crippen LogP contribution >= 0.6 is 0 Å². The summed E-state index contributed by atoms with van der Waals surface area (Å²) in [6.07, 6.45) is 4.70. The molecule has 3 heterocycles. The maximum Gasteiger partial charge on any atom is 0.410 e. The highest BCUT2D eigenvalue weighted by Crippen LogP contribution is 2.45. The molecule has 5 heteroatoms. The molecule has 3 aliphatic rings. The van der Waals surface area contributed by atoms with Gasteiger partial charge in [0.25, 0.3) is 0 Å². The molecule has 0 radical (unpaired) electrons. The molecule has 0 spiro atoms. The molecule has 2 unspecified atom stereocenters. The minimum atomic E-state index is -0.242. The van der Waals surface area contributed by atoms with E-state index in [0.29, 0.717) is 25.1 Å². The Labute approximate surface area is 199 Å². The molecule has 2 aliphatic heterocycles. The van der Waals surface area contributed by atoms with Gasteiger partial charge >= 0.3 is 6.09 Å². The first-order valence-corrected chi connectivity index (χ1v) is 12.2. The SMILES string of the molecule is Cc1ccnc(C(=O)C2CC3CCC(C2)N3C(=O)OCC2c3ccccc3-c3ccccc32)c1. The fraction of sp³-hybridized carbons (Fsp3) is 0.345. The second-order valence-electron chi connectivity index (χ2n) is 9.85. The van der Waals surface area contributed by atoms with Crippen molar-refractivity contribution in [1.29, 1.82) is 0 Å². The molecule has 1 aromatic heterocycles. The van der Waals surface area contributed by atoms with Crippen molar-refractivity contribution in [3.05, 3.63) is 89.2 Å². The summed E-state index contributed by atoms with van der Waals surface area (Å²) in [7, 11) is 0. The second-order valence-corrected chi connectivity index (χ2v) is 9.85. The number of Topliss-reactive ketones (excluding diaryl/α,β-unsaturated/α-hetero) is 1. The monoisotopic (exact) mass is 452 g/mol. The van der Waals surface area contributed by atoms with Crippen molar-refractivity contribution < 1.29 is 14.3 Å². The fourth-order valence-corrected chi connectivity index (χ4v) is 6.24. The lowest BCUT2D eigenvalue weighted by Gasteiger charge is -2.37. The highest BCUT2D eigenvalue weighted by atomic mass is 16.6. The molecular weight excluding hydrogens is 424 g/mol. The molecule has 5 nitrogen and oxygen atoms in total. The van der Waals surface area contributed by atoms with E-state index in [-0.39, 0.29) is 35.8 Å². The number of aromatic nitrogens is 1. The molecule has 2 aromatic carbocycles. The molecule has 3 aromatic rings. The number of ether oxygens (including phenoxy) is 1. The highest BCUT2D eigenvalue weighted by molar-refractivity contribution is 5.96. The minimum absolute atomic E-state index is 0.0560. The number of pyridine rings is 1. The largest absolute Gasteiger partial charge is 0.448 e. The number of benzene rings is 2. The van der Waals surface area contributed by atoms with Gasteiger partial charge in [-0.15, -0.1) is 0 Å². The second kappa shape index (κ2) is 8.39. The van der Waals surface area contributed by atoms with Crippen LogP contribution in [0.5, 0.6) is 0 Å². The summed E-state index contributed by atoms with van der Waals surface area (Å²) in [5.41, 5.74) is 6.46. The van der Waals surface area contributed by atoms with E-state index < -0.39 is 0 Å². The van der Waals surface area contributed by atoms with E-state index in [0.717, 1.165) is 18.4 Å². The van der Waals surface area contributed by atoms with Crippen molar-refractivity contribution in [3.8, 4) is 11.1 Å². The van der Waals surface area contributed by atoms with Gasteiger partial charge in [-0.3, -0.25) is 9.78 Å². The zero-order chi connectivity index (χ0) is 23.2. The maximum absolute atomic E-state index is 13.2. The molecule has 6 rings (SSSR count). The number of fused-ring (bicyclic) bond motifs is 5. The lowest BCUT2D eigenvalue weighted by atomic mass is 9.86. The molecule has 1 amide bonds. The fourth-order valence-electron chi connectivity index (χ4n) is 6.24. The molecule has 2 fully saturated rings. The Kier molecular flexibility index (Phi) is 5.20. The average Bonchev–Trinajstić information content (AvgIpc) is 3.32. The molecule has 2 bridgehead atoms. The van der Waals surface area contributed by atoms with Crippen LogP contribution in [0.2, 0.25) is 0 Å². The number of aryl methyl sites for hydroxylation is 1. The van der Waals surface area contributed by atoms with Crippen molar-refractivity contribution in [2.24, 2.45) is 5.92 Å². The van der Waals surface area contributed by atoms with Gasteiger partial charge in [0.15, 0.2) is 5.78 Å². The van der Waals surface area contributed by atoms with Crippen LogP contribution < -0.4 is 0 Å². The summed E-state index contributed by atoms with van der Waals surface area (Å²) in [6.45, 7) is 2.31. The van der Waals surface area contributed by atoms with E-state index >= 15 is 0 Å². The molecule has 172 valence electrons. The van der Waals surface area contributed by atoms with Crippen LogP contribution in [-0.2, 0) is 4.74 Å². The summed E-state index contributed by atoms with van der Waals surface area (Å²) < 4.78 is 5.95. The van der Waals surface area contributed by atoms with Gasteiger partial charge in [0.1, 0.15) is 12.3 Å². The number of carbonyl (C=O) groups excluding carboxylic acids is 2. The smallest absolute Gasteiger partial charge is 0.410 e. The van der Waals surface area contributed by atoms with E-state index in [1.807, 2.05) is 36.1 Å². The van der Waals surface area contributed by atoms with E-state index in [9.17, 15) is 9.59 Å². The molecule has 34 heavy (non-hydrogen) atoms. The van der Waals surface area contributed by atoms with Gasteiger partial charge in [0.05, 0.1) is 0 Å². The van der Waals surface area contributed by atoms with E-state index in [1.54, 1.807) is 6.20 Å². The lowest BCUT2D eigenvalue weighted by molar-refractivity contribution is 0.0504. The van der Waals surface area contributed by atoms with Crippen LogP contribution in [0.15, 0.2) is 66.9 Å². The Hall–Kier alpha value is -3.47. The van der Waals surface area contributed by atoms with Gasteiger partial charge in [0, 0.05) is 30.1 Å². The number of piperidine rings is 1. The molecule has 1 aliphatic carbocycles. The van der Waals surface area contributed by atoms with Crippen LogP contribution in [-0.4, -0.2) is 40.5 Å². The zero-order valence-corrected chi connectivity index (χ0v) is 19.3. The molecular formula is C29H28N2O3. The van der Waals surface area contributed by atoms with E-state index in [2.05, 4.69) is 41.4 Å². The van der Waals surface area contributed by atoms with Crippen molar-refractivity contribution in [2.45, 2.75) is 50.6 Å². The summed E-state index contributed by atoms with van der Waals surface area (Å²) >= 11 is 0. The average molecular weight is 453 g/mol. The summed E-state index contributed by atoms with van der Waals surface area (Å²) in [6, 6.07) is 20.6. The number of hydrogen-bond acceptors (Lipinski definition) is 4. The highest BCUT2D eigenvalue weighted by Gasteiger charge is 2.46. The number of nitrogens with zero attached hydrogens (tertiary/aromatic N) is 2. The number of ketones is 1. The van der Waals surface area contributed by atoms with Gasteiger partial charge in [-0.25, -0.2) is 4.79 Å². The third-order valence-electron chi connectivity index (χ3n) is 7.82. The van der Waals surface area contributed by atoms with Crippen molar-refractivity contribution in [2.75, 3.05) is 6.61 Å². The van der Waals surface area contributed by atoms with Gasteiger partial charge < -0.3 is 9.64 Å². The zero-order valence-electron chi connectivity index (χ0n) is 19.3. The maximum atomic E-state index is 13.2. The topological polar surface area (TPSA) is 59.5 Å². The van der Waals surface area contributed by atoms with Crippen molar-refractivity contribution >= 4 is 11.9 Å². The van der Waals surface area contributed by atoms with Gasteiger partial charge in [-0.2, -0.15) is 0 Å². The number of amides is 1. The first-order valence-electron chi connectivity index (χ1n) is 12.2. The summed E-state index contributed by atoms with van der Waals surface area (Å²) in [5.74, 6) is 0.0812. The van der Waals surface area contributed by atoms with Crippen LogP contribution in [0.1, 0.15) is 58.8 Å². The van der Waals surface area contributed by atoms with E-state index in [1.165, 1.54) is 22.3 Å². The Balaban J connectivity index is 1.15. The Morgan fingerprint density at radius 3 is 2.18 bits per heavy atom. The van der Waals surface area contributed by atoms with Crippen molar-refractivity contribution in [1.82, 2.24) is 9.88 Å². The van der Waals surface area contributed by atoms with Gasteiger partial charge in [0.2, 0.25) is 0 Å². The quantitative estimate of drug-likeness (QED) is 0.472. The summed E-state index contributed by atoms with van der Waals surface area (Å²) in [4.78, 5) is 32.5. The molecule has 0 N–H and O–H groups in total. The van der Waals surface area contributed by atoms with Crippen LogP contribution in [0.25, 0.3) is 11.1 Å². The third-order valence-corrected chi connectivity index (χ3v) is 7.82. The van der Waals surface area contributed by atoms with E-state index in [4.69, 9.17) is 4.74 Å². The van der Waals surface area contributed by atoms with Crippen LogP contribution in [0.3, 0.4) is 0 Å². The van der Waals surface area contributed by atoms with Crippen LogP contribution in [0.4, 0.5) is 4.79 Å². The molecule has 2 saturated heterocycles. The molecule has 0 saturated carbocycles. The Morgan fingerprint density at radius 2 is 1.56 bits per heavy atom. The molecule has 2 atom stereocenters. The van der Waals surface area contributed by atoms with Crippen LogP contribution in [0, 0.1) is 12.8 Å². The lowest BCUT2D eigenvalue weighted by Crippen LogP contribution is -2.48. The minimum Gasteiger partial charge on any atom is -0.448 e. The van der Waals surface area contributed by atoms with Gasteiger partial charge in [-0.05, 0) is 72.6 Å². The predicted octanol–water partition coefficient (Wildman–Crippen LogP) is 5.76. The van der Waals surface area contributed by atoms with Gasteiger partial charge in [-0.1, -0.05) is 48.5 Å². The number of hydrogen-bond donors (Lipinski definition) is 0. The first kappa shape index (κ1) is 21.1. The third kappa shape index (κ3) is 3.51. The Bertz CT molecular complexity index is 1210. The predicted molar refractivity (Wildman–Crippen MR) is 130 cm³/mol. The summed E-state index contributed by atoms with van der Waals surface area (Å²) in [5, 5.41) is 0. The number of carbonyl (C=O) groups is 2. The Morgan fingerprint density at radius 1 is 0.941 bits per heavy atom. The number of rotatable bonds is 4. The standard InChI is InChI=1S/C29H28N2O3/c1-18-12-13-30-27(14-18)28(32)19-15-20-10-11-21(16-19)31(20)29(33)34-17-26-24-8-4-2-6-22(24)23-7-3-5-9-25(23)26/h2-9,12-14,19-21,26H,10-11,15-17H2,1H3. The first-order chi connectivity index (χ1) is 16.6. The normalized spacial score (nSPS) is 22.9. The van der Waals surface area contributed by atoms with Crippen molar-refractivity contribution in [3.63, 3.8) is 0 Å².